The Morgan fingerprint density at radius 2 is 2.17 bits per heavy atom. The standard InChI is InChI=1S/C14H19BrN2O/c1-14(2)7-4-8-17(9-14)13(18)10-5-3-6-11(16)12(10)15/h3,5-6H,4,7-9,16H2,1-2H3. The lowest BCUT2D eigenvalue weighted by atomic mass is 9.84. The second-order valence-electron chi connectivity index (χ2n) is 5.70. The highest BCUT2D eigenvalue weighted by molar-refractivity contribution is 9.10. The number of halogens is 1. The van der Waals surface area contributed by atoms with Gasteiger partial charge in [0, 0.05) is 18.8 Å². The Kier molecular flexibility index (Phi) is 3.66. The number of hydrogen-bond donors (Lipinski definition) is 1. The van der Waals surface area contributed by atoms with Crippen LogP contribution in [0.3, 0.4) is 0 Å². The number of amides is 1. The SMILES string of the molecule is CC1(C)CCCN(C(=O)c2cccc(N)c2Br)C1. The van der Waals surface area contributed by atoms with Gasteiger partial charge < -0.3 is 10.6 Å². The third-order valence-corrected chi connectivity index (χ3v) is 4.33. The number of nitrogens with zero attached hydrogens (tertiary/aromatic N) is 1. The Bertz CT molecular complexity index is 471. The van der Waals surface area contributed by atoms with Crippen molar-refractivity contribution >= 4 is 27.5 Å². The van der Waals surface area contributed by atoms with Crippen LogP contribution in [-0.2, 0) is 0 Å². The molecule has 1 aliphatic rings. The first kappa shape index (κ1) is 13.4. The van der Waals surface area contributed by atoms with Crippen LogP contribution in [0.5, 0.6) is 0 Å². The van der Waals surface area contributed by atoms with E-state index in [9.17, 15) is 4.79 Å². The van der Waals surface area contributed by atoms with Crippen LogP contribution in [0.15, 0.2) is 22.7 Å². The molecule has 0 saturated carbocycles. The normalized spacial score (nSPS) is 18.7. The average molecular weight is 311 g/mol. The maximum Gasteiger partial charge on any atom is 0.255 e. The summed E-state index contributed by atoms with van der Waals surface area (Å²) >= 11 is 3.40. The van der Waals surface area contributed by atoms with E-state index in [1.165, 1.54) is 6.42 Å². The molecule has 0 aliphatic carbocycles. The van der Waals surface area contributed by atoms with Crippen molar-refractivity contribution in [2.24, 2.45) is 5.41 Å². The average Bonchev–Trinajstić information content (AvgIpc) is 2.30. The van der Waals surface area contributed by atoms with E-state index in [-0.39, 0.29) is 11.3 Å². The molecule has 3 nitrogen and oxygen atoms in total. The fourth-order valence-electron chi connectivity index (χ4n) is 2.48. The van der Waals surface area contributed by atoms with E-state index in [0.717, 1.165) is 19.5 Å². The molecule has 18 heavy (non-hydrogen) atoms. The highest BCUT2D eigenvalue weighted by atomic mass is 79.9. The van der Waals surface area contributed by atoms with Gasteiger partial charge in [-0.3, -0.25) is 4.79 Å². The van der Waals surface area contributed by atoms with E-state index in [4.69, 9.17) is 5.73 Å². The predicted molar refractivity (Wildman–Crippen MR) is 77.5 cm³/mol. The van der Waals surface area contributed by atoms with E-state index in [1.807, 2.05) is 17.0 Å². The zero-order valence-electron chi connectivity index (χ0n) is 10.9. The zero-order chi connectivity index (χ0) is 13.3. The largest absolute Gasteiger partial charge is 0.398 e. The molecule has 0 spiro atoms. The number of piperidine rings is 1. The highest BCUT2D eigenvalue weighted by Gasteiger charge is 2.30. The highest BCUT2D eigenvalue weighted by Crippen LogP contribution is 2.31. The van der Waals surface area contributed by atoms with Crippen molar-refractivity contribution < 1.29 is 4.79 Å². The minimum Gasteiger partial charge on any atom is -0.398 e. The van der Waals surface area contributed by atoms with Crippen LogP contribution in [-0.4, -0.2) is 23.9 Å². The molecule has 0 atom stereocenters. The summed E-state index contributed by atoms with van der Waals surface area (Å²) in [4.78, 5) is 14.4. The molecular weight excluding hydrogens is 292 g/mol. The third-order valence-electron chi connectivity index (χ3n) is 3.45. The number of carbonyl (C=O) groups is 1. The van der Waals surface area contributed by atoms with Crippen molar-refractivity contribution in [1.29, 1.82) is 0 Å². The first-order valence-electron chi connectivity index (χ1n) is 6.24. The second-order valence-corrected chi connectivity index (χ2v) is 6.50. The zero-order valence-corrected chi connectivity index (χ0v) is 12.5. The summed E-state index contributed by atoms with van der Waals surface area (Å²) in [7, 11) is 0. The van der Waals surface area contributed by atoms with Crippen LogP contribution in [0.4, 0.5) is 5.69 Å². The summed E-state index contributed by atoms with van der Waals surface area (Å²) < 4.78 is 0.707. The molecule has 98 valence electrons. The van der Waals surface area contributed by atoms with Crippen LogP contribution in [0.25, 0.3) is 0 Å². The lowest BCUT2D eigenvalue weighted by Gasteiger charge is -2.38. The van der Waals surface area contributed by atoms with Gasteiger partial charge in [-0.25, -0.2) is 0 Å². The van der Waals surface area contributed by atoms with Crippen LogP contribution < -0.4 is 5.73 Å². The summed E-state index contributed by atoms with van der Waals surface area (Å²) in [5.41, 5.74) is 7.30. The molecule has 0 aromatic heterocycles. The summed E-state index contributed by atoms with van der Waals surface area (Å²) in [6.07, 6.45) is 2.24. The number of likely N-dealkylation sites (tertiary alicyclic amines) is 1. The van der Waals surface area contributed by atoms with Crippen molar-refractivity contribution in [2.75, 3.05) is 18.8 Å². The molecule has 1 aliphatic heterocycles. The lowest BCUT2D eigenvalue weighted by molar-refractivity contribution is 0.0582. The van der Waals surface area contributed by atoms with Gasteiger partial charge in [-0.2, -0.15) is 0 Å². The molecule has 1 saturated heterocycles. The number of carbonyl (C=O) groups excluding carboxylic acids is 1. The predicted octanol–water partition coefficient (Wildman–Crippen LogP) is 3.29. The molecule has 2 rings (SSSR count). The van der Waals surface area contributed by atoms with E-state index < -0.39 is 0 Å². The van der Waals surface area contributed by atoms with Crippen LogP contribution in [0, 0.1) is 5.41 Å². The van der Waals surface area contributed by atoms with Crippen molar-refractivity contribution in [2.45, 2.75) is 26.7 Å². The summed E-state index contributed by atoms with van der Waals surface area (Å²) in [5.74, 6) is 0.0713. The molecule has 1 aromatic carbocycles. The number of anilines is 1. The van der Waals surface area contributed by atoms with Gasteiger partial charge in [0.25, 0.3) is 5.91 Å². The molecule has 1 fully saturated rings. The Labute approximate surface area is 116 Å². The lowest BCUT2D eigenvalue weighted by Crippen LogP contribution is -2.43. The number of benzene rings is 1. The van der Waals surface area contributed by atoms with Crippen LogP contribution in [0.2, 0.25) is 0 Å². The molecule has 0 radical (unpaired) electrons. The van der Waals surface area contributed by atoms with E-state index >= 15 is 0 Å². The van der Waals surface area contributed by atoms with Crippen LogP contribution in [0.1, 0.15) is 37.0 Å². The quantitative estimate of drug-likeness (QED) is 0.809. The van der Waals surface area contributed by atoms with Crippen molar-refractivity contribution in [3.05, 3.63) is 28.2 Å². The van der Waals surface area contributed by atoms with Crippen molar-refractivity contribution in [1.82, 2.24) is 4.90 Å². The van der Waals surface area contributed by atoms with Gasteiger partial charge in [0.2, 0.25) is 0 Å². The number of nitrogens with two attached hydrogens (primary N) is 1. The Morgan fingerprint density at radius 1 is 1.44 bits per heavy atom. The summed E-state index contributed by atoms with van der Waals surface area (Å²) in [5, 5.41) is 0. The maximum absolute atomic E-state index is 12.5. The smallest absolute Gasteiger partial charge is 0.255 e. The fraction of sp³-hybridized carbons (Fsp3) is 0.500. The van der Waals surface area contributed by atoms with E-state index in [0.29, 0.717) is 15.7 Å². The maximum atomic E-state index is 12.5. The Hall–Kier alpha value is -1.03. The summed E-state index contributed by atoms with van der Waals surface area (Å²) in [6, 6.07) is 5.44. The minimum atomic E-state index is 0.0713. The first-order chi connectivity index (χ1) is 8.41. The third kappa shape index (κ3) is 2.69. The molecule has 2 N–H and O–H groups in total. The van der Waals surface area contributed by atoms with Crippen molar-refractivity contribution in [3.63, 3.8) is 0 Å². The van der Waals surface area contributed by atoms with Crippen LogP contribution >= 0.6 is 15.9 Å². The first-order valence-corrected chi connectivity index (χ1v) is 7.03. The van der Waals surface area contributed by atoms with Gasteiger partial charge >= 0.3 is 0 Å². The van der Waals surface area contributed by atoms with Gasteiger partial charge in [-0.1, -0.05) is 19.9 Å². The van der Waals surface area contributed by atoms with Gasteiger partial charge in [0.1, 0.15) is 0 Å². The van der Waals surface area contributed by atoms with Gasteiger partial charge in [-0.15, -0.1) is 0 Å². The van der Waals surface area contributed by atoms with E-state index in [1.54, 1.807) is 6.07 Å². The summed E-state index contributed by atoms with van der Waals surface area (Å²) in [6.45, 7) is 6.07. The monoisotopic (exact) mass is 310 g/mol. The molecule has 1 aromatic rings. The molecule has 1 amide bonds. The number of hydrogen-bond acceptors (Lipinski definition) is 2. The van der Waals surface area contributed by atoms with Crippen molar-refractivity contribution in [3.8, 4) is 0 Å². The second kappa shape index (κ2) is 4.92. The van der Waals surface area contributed by atoms with Gasteiger partial charge in [-0.05, 0) is 46.3 Å². The fourth-order valence-corrected chi connectivity index (χ4v) is 2.92. The minimum absolute atomic E-state index is 0.0713. The number of rotatable bonds is 1. The Balaban J connectivity index is 2.23. The molecular formula is C14H19BrN2O. The van der Waals surface area contributed by atoms with Gasteiger partial charge in [0.15, 0.2) is 0 Å². The molecule has 0 unspecified atom stereocenters. The van der Waals surface area contributed by atoms with Gasteiger partial charge in [0.05, 0.1) is 10.0 Å². The molecule has 4 heteroatoms. The molecule has 1 heterocycles. The number of nitrogen functional groups attached to an aromatic ring is 1. The molecule has 0 bridgehead atoms. The van der Waals surface area contributed by atoms with E-state index in [2.05, 4.69) is 29.8 Å². The topological polar surface area (TPSA) is 46.3 Å². The Morgan fingerprint density at radius 3 is 2.83 bits per heavy atom.